The van der Waals surface area contributed by atoms with Crippen LogP contribution in [0.1, 0.15) is 40.0 Å². The molecule has 3 atom stereocenters. The van der Waals surface area contributed by atoms with Crippen LogP contribution in [0, 0.1) is 5.41 Å². The Labute approximate surface area is 81.0 Å². The molecule has 76 valence electrons. The number of nitrogens with one attached hydrogen (secondary N) is 1. The van der Waals surface area contributed by atoms with E-state index in [-0.39, 0.29) is 0 Å². The van der Waals surface area contributed by atoms with Gasteiger partial charge in [-0.05, 0) is 24.7 Å². The lowest BCUT2D eigenvalue weighted by atomic mass is 9.88. The average Bonchev–Trinajstić information content (AvgIpc) is 2.42. The Bertz CT molecular complexity index is 191. The highest BCUT2D eigenvalue weighted by molar-refractivity contribution is 4.99. The van der Waals surface area contributed by atoms with Crippen molar-refractivity contribution in [2.45, 2.75) is 58.2 Å². The van der Waals surface area contributed by atoms with Gasteiger partial charge in [-0.3, -0.25) is 0 Å². The van der Waals surface area contributed by atoms with Gasteiger partial charge in [0.2, 0.25) is 0 Å². The highest BCUT2D eigenvalue weighted by atomic mass is 16.5. The normalized spacial score (nSPS) is 43.2. The van der Waals surface area contributed by atoms with Crippen molar-refractivity contribution in [3.8, 4) is 0 Å². The molecule has 2 fully saturated rings. The van der Waals surface area contributed by atoms with Crippen LogP contribution in [0.2, 0.25) is 0 Å². The second-order valence-electron chi connectivity index (χ2n) is 5.16. The monoisotopic (exact) mass is 183 g/mol. The van der Waals surface area contributed by atoms with Crippen LogP contribution >= 0.6 is 0 Å². The molecule has 2 heteroatoms. The number of hydrogen-bond donors (Lipinski definition) is 1. The molecular weight excluding hydrogens is 162 g/mol. The molecule has 0 bridgehead atoms. The first-order valence-electron chi connectivity index (χ1n) is 5.51. The molecule has 0 radical (unpaired) electrons. The van der Waals surface area contributed by atoms with Crippen LogP contribution in [0.25, 0.3) is 0 Å². The van der Waals surface area contributed by atoms with Crippen LogP contribution in [-0.4, -0.2) is 24.8 Å². The Balaban J connectivity index is 2.02. The van der Waals surface area contributed by atoms with Gasteiger partial charge in [-0.15, -0.1) is 0 Å². The molecule has 13 heavy (non-hydrogen) atoms. The fourth-order valence-electron chi connectivity index (χ4n) is 2.68. The standard InChI is InChI=1S/C11H21NO/c1-4-8-7-13-10-9(12-8)5-6-11(10,2)3/h8-10,12H,4-7H2,1-3H3. The molecule has 2 nitrogen and oxygen atoms in total. The van der Waals surface area contributed by atoms with E-state index in [9.17, 15) is 0 Å². The van der Waals surface area contributed by atoms with E-state index in [1.807, 2.05) is 0 Å². The molecule has 1 saturated carbocycles. The van der Waals surface area contributed by atoms with Crippen molar-refractivity contribution >= 4 is 0 Å². The molecule has 1 heterocycles. The third-order valence-electron chi connectivity index (χ3n) is 3.65. The molecule has 0 amide bonds. The second-order valence-corrected chi connectivity index (χ2v) is 5.16. The number of morpholine rings is 1. The third-order valence-corrected chi connectivity index (χ3v) is 3.65. The lowest BCUT2D eigenvalue weighted by molar-refractivity contribution is -0.0611. The zero-order chi connectivity index (χ0) is 9.47. The molecule has 0 aromatic heterocycles. The van der Waals surface area contributed by atoms with Gasteiger partial charge in [0.1, 0.15) is 0 Å². The van der Waals surface area contributed by atoms with Gasteiger partial charge in [0.05, 0.1) is 12.7 Å². The van der Waals surface area contributed by atoms with Crippen molar-refractivity contribution < 1.29 is 4.74 Å². The predicted molar refractivity (Wildman–Crippen MR) is 53.8 cm³/mol. The van der Waals surface area contributed by atoms with Crippen LogP contribution in [0.5, 0.6) is 0 Å². The van der Waals surface area contributed by atoms with Crippen molar-refractivity contribution in [3.63, 3.8) is 0 Å². The maximum Gasteiger partial charge on any atom is 0.0779 e. The molecule has 3 unspecified atom stereocenters. The molecule has 0 aromatic carbocycles. The molecule has 1 N–H and O–H groups in total. The van der Waals surface area contributed by atoms with Crippen LogP contribution in [0.15, 0.2) is 0 Å². The van der Waals surface area contributed by atoms with Gasteiger partial charge in [0.25, 0.3) is 0 Å². The van der Waals surface area contributed by atoms with Crippen LogP contribution in [0.3, 0.4) is 0 Å². The smallest absolute Gasteiger partial charge is 0.0779 e. The SMILES string of the molecule is CCC1COC2C(CCC2(C)C)N1. The van der Waals surface area contributed by atoms with Crippen molar-refractivity contribution in [1.82, 2.24) is 5.32 Å². The molecule has 0 spiro atoms. The predicted octanol–water partition coefficient (Wildman–Crippen LogP) is 1.94. The minimum Gasteiger partial charge on any atom is -0.374 e. The first-order chi connectivity index (χ1) is 6.13. The summed E-state index contributed by atoms with van der Waals surface area (Å²) >= 11 is 0. The fourth-order valence-corrected chi connectivity index (χ4v) is 2.68. The topological polar surface area (TPSA) is 21.3 Å². The Morgan fingerprint density at radius 3 is 2.92 bits per heavy atom. The molecule has 0 aromatic rings. The number of hydrogen-bond acceptors (Lipinski definition) is 2. The molecule has 2 aliphatic rings. The summed E-state index contributed by atoms with van der Waals surface area (Å²) in [6.45, 7) is 7.78. The third kappa shape index (κ3) is 1.62. The summed E-state index contributed by atoms with van der Waals surface area (Å²) in [5, 5.41) is 3.70. The van der Waals surface area contributed by atoms with E-state index in [0.717, 1.165) is 6.61 Å². The van der Waals surface area contributed by atoms with Crippen LogP contribution in [0.4, 0.5) is 0 Å². The van der Waals surface area contributed by atoms with Crippen molar-refractivity contribution in [2.75, 3.05) is 6.61 Å². The molecule has 1 saturated heterocycles. The van der Waals surface area contributed by atoms with Gasteiger partial charge >= 0.3 is 0 Å². The minimum atomic E-state index is 0.385. The Morgan fingerprint density at radius 2 is 2.23 bits per heavy atom. The van der Waals surface area contributed by atoms with Gasteiger partial charge in [-0.25, -0.2) is 0 Å². The highest BCUT2D eigenvalue weighted by Gasteiger charge is 2.45. The number of fused-ring (bicyclic) bond motifs is 1. The lowest BCUT2D eigenvalue weighted by Gasteiger charge is -2.38. The fraction of sp³-hybridized carbons (Fsp3) is 1.00. The molecule has 1 aliphatic carbocycles. The van der Waals surface area contributed by atoms with E-state index < -0.39 is 0 Å². The zero-order valence-corrected chi connectivity index (χ0v) is 8.97. The van der Waals surface area contributed by atoms with E-state index in [1.165, 1.54) is 19.3 Å². The van der Waals surface area contributed by atoms with Crippen molar-refractivity contribution in [2.24, 2.45) is 5.41 Å². The Kier molecular flexibility index (Phi) is 2.37. The summed E-state index contributed by atoms with van der Waals surface area (Å²) in [5.41, 5.74) is 0.385. The highest BCUT2D eigenvalue weighted by Crippen LogP contribution is 2.41. The van der Waals surface area contributed by atoms with Crippen molar-refractivity contribution in [1.29, 1.82) is 0 Å². The van der Waals surface area contributed by atoms with Gasteiger partial charge in [0, 0.05) is 12.1 Å². The molecule has 1 aliphatic heterocycles. The zero-order valence-electron chi connectivity index (χ0n) is 8.97. The summed E-state index contributed by atoms with van der Waals surface area (Å²) in [4.78, 5) is 0. The number of rotatable bonds is 1. The summed E-state index contributed by atoms with van der Waals surface area (Å²) in [7, 11) is 0. The van der Waals surface area contributed by atoms with Crippen molar-refractivity contribution in [3.05, 3.63) is 0 Å². The summed E-state index contributed by atoms with van der Waals surface area (Å²) < 4.78 is 5.96. The van der Waals surface area contributed by atoms with Gasteiger partial charge in [0.15, 0.2) is 0 Å². The quantitative estimate of drug-likeness (QED) is 0.671. The lowest BCUT2D eigenvalue weighted by Crippen LogP contribution is -2.54. The maximum atomic E-state index is 5.96. The Hall–Kier alpha value is -0.0800. The van der Waals surface area contributed by atoms with E-state index in [1.54, 1.807) is 0 Å². The van der Waals surface area contributed by atoms with E-state index in [0.29, 0.717) is 23.6 Å². The maximum absolute atomic E-state index is 5.96. The molecular formula is C11H21NO. The van der Waals surface area contributed by atoms with Gasteiger partial charge in [-0.2, -0.15) is 0 Å². The van der Waals surface area contributed by atoms with Crippen LogP contribution in [-0.2, 0) is 4.74 Å². The summed E-state index contributed by atoms with van der Waals surface area (Å²) in [6.07, 6.45) is 4.22. The van der Waals surface area contributed by atoms with E-state index in [4.69, 9.17) is 4.74 Å². The van der Waals surface area contributed by atoms with Crippen LogP contribution < -0.4 is 5.32 Å². The van der Waals surface area contributed by atoms with E-state index in [2.05, 4.69) is 26.1 Å². The first-order valence-corrected chi connectivity index (χ1v) is 5.51. The largest absolute Gasteiger partial charge is 0.374 e. The second kappa shape index (κ2) is 3.25. The average molecular weight is 183 g/mol. The first kappa shape index (κ1) is 9.47. The van der Waals surface area contributed by atoms with Gasteiger partial charge < -0.3 is 10.1 Å². The summed E-state index contributed by atoms with van der Waals surface area (Å²) in [6, 6.07) is 1.21. The van der Waals surface area contributed by atoms with E-state index >= 15 is 0 Å². The summed E-state index contributed by atoms with van der Waals surface area (Å²) in [5.74, 6) is 0. The number of ether oxygens (including phenoxy) is 1. The van der Waals surface area contributed by atoms with Gasteiger partial charge in [-0.1, -0.05) is 20.8 Å². The minimum absolute atomic E-state index is 0.385. The molecule has 2 rings (SSSR count). The Morgan fingerprint density at radius 1 is 1.46 bits per heavy atom.